The van der Waals surface area contributed by atoms with Crippen LogP contribution >= 0.6 is 23.5 Å². The summed E-state index contributed by atoms with van der Waals surface area (Å²) in [6.45, 7) is 1.95. The minimum Gasteiger partial charge on any atom is -0.345 e. The molecule has 2 heterocycles. The molecule has 0 spiro atoms. The van der Waals surface area contributed by atoms with Gasteiger partial charge in [0.1, 0.15) is 0 Å². The molecule has 0 atom stereocenters. The summed E-state index contributed by atoms with van der Waals surface area (Å²) in [4.78, 5) is 20.4. The molecular weight excluding hydrogens is 400 g/mol. The Hall–Kier alpha value is -2.32. The molecule has 2 aromatic carbocycles. The molecule has 0 aliphatic carbocycles. The van der Waals surface area contributed by atoms with Gasteiger partial charge in [0, 0.05) is 43.8 Å². The number of rotatable bonds is 10. The van der Waals surface area contributed by atoms with E-state index in [9.17, 15) is 0 Å². The predicted molar refractivity (Wildman–Crippen MR) is 129 cm³/mol. The molecule has 0 bridgehead atoms. The Labute approximate surface area is 179 Å². The van der Waals surface area contributed by atoms with Crippen molar-refractivity contribution in [3.05, 3.63) is 48.5 Å². The molecule has 0 saturated carbocycles. The highest BCUT2D eigenvalue weighted by Gasteiger charge is 2.08. The fourth-order valence-electron chi connectivity index (χ4n) is 3.03. The van der Waals surface area contributed by atoms with Crippen molar-refractivity contribution in [2.24, 2.45) is 0 Å². The second-order valence-corrected chi connectivity index (χ2v) is 9.51. The Bertz CT molecular complexity index is 909. The Morgan fingerprint density at radius 2 is 1.17 bits per heavy atom. The summed E-state index contributed by atoms with van der Waals surface area (Å²) in [6.07, 6.45) is 0. The van der Waals surface area contributed by atoms with Gasteiger partial charge in [-0.3, -0.25) is 0 Å². The lowest BCUT2D eigenvalue weighted by Crippen LogP contribution is -2.22. The van der Waals surface area contributed by atoms with Crippen molar-refractivity contribution in [3.8, 4) is 0 Å². The number of aromatic amines is 2. The summed E-state index contributed by atoms with van der Waals surface area (Å²) >= 11 is 3.94. The first-order valence-corrected chi connectivity index (χ1v) is 12.0. The molecular formula is C21H26N6S2. The highest BCUT2D eigenvalue weighted by atomic mass is 32.2. The summed E-state index contributed by atoms with van der Waals surface area (Å²) < 4.78 is 0. The third-order valence-corrected chi connectivity index (χ3v) is 7.06. The summed E-state index contributed by atoms with van der Waals surface area (Å²) in [6, 6.07) is 16.3. The zero-order chi connectivity index (χ0) is 20.1. The van der Waals surface area contributed by atoms with Crippen LogP contribution in [-0.4, -0.2) is 63.7 Å². The van der Waals surface area contributed by atoms with Crippen LogP contribution in [0.3, 0.4) is 0 Å². The molecule has 2 N–H and O–H groups in total. The largest absolute Gasteiger partial charge is 0.345 e. The fraction of sp³-hybridized carbons (Fsp3) is 0.333. The standard InChI is InChI=1S/C21H26N6S2/c1-26(20-22-16-7-3-4-8-17(16)23-20)11-13-28-15-29-14-12-27(2)21-24-18-9-5-6-10-19(18)25-21/h3-10H,11-15H2,1-2H3,(H,22,23)(H,24,25). The average Bonchev–Trinajstić information content (AvgIpc) is 3.37. The number of hydrogen-bond acceptors (Lipinski definition) is 6. The maximum absolute atomic E-state index is 4.65. The van der Waals surface area contributed by atoms with Crippen LogP contribution < -0.4 is 9.80 Å². The lowest BCUT2D eigenvalue weighted by Gasteiger charge is -2.16. The molecule has 6 nitrogen and oxygen atoms in total. The van der Waals surface area contributed by atoms with Gasteiger partial charge in [-0.05, 0) is 24.3 Å². The molecule has 2 aromatic heterocycles. The smallest absolute Gasteiger partial charge is 0.203 e. The van der Waals surface area contributed by atoms with E-state index in [0.29, 0.717) is 0 Å². The molecule has 0 aliphatic rings. The van der Waals surface area contributed by atoms with E-state index in [1.54, 1.807) is 0 Å². The molecule has 0 radical (unpaired) electrons. The summed E-state index contributed by atoms with van der Waals surface area (Å²) in [5, 5.41) is 1.10. The van der Waals surface area contributed by atoms with Crippen LogP contribution in [0.1, 0.15) is 0 Å². The molecule has 152 valence electrons. The molecule has 29 heavy (non-hydrogen) atoms. The number of anilines is 2. The van der Waals surface area contributed by atoms with Crippen molar-refractivity contribution in [2.75, 3.05) is 53.6 Å². The number of nitrogens with one attached hydrogen (secondary N) is 2. The zero-order valence-electron chi connectivity index (χ0n) is 16.8. The number of imidazole rings is 2. The SMILES string of the molecule is CN(CCSCSCCN(C)c1nc2ccccc2[nH]1)c1nc2ccccc2[nH]1. The minimum absolute atomic E-state index is 0.937. The molecule has 0 aliphatic heterocycles. The lowest BCUT2D eigenvalue weighted by molar-refractivity contribution is 0.930. The first-order valence-electron chi connectivity index (χ1n) is 9.68. The van der Waals surface area contributed by atoms with Crippen molar-refractivity contribution in [1.29, 1.82) is 0 Å². The molecule has 0 amide bonds. The van der Waals surface area contributed by atoms with Gasteiger partial charge in [0.2, 0.25) is 11.9 Å². The second kappa shape index (κ2) is 9.45. The van der Waals surface area contributed by atoms with E-state index in [1.165, 1.54) is 0 Å². The molecule has 4 rings (SSSR count). The quantitative estimate of drug-likeness (QED) is 0.289. The number of H-pyrrole nitrogens is 2. The number of nitrogens with zero attached hydrogens (tertiary/aromatic N) is 4. The number of fused-ring (bicyclic) bond motifs is 2. The highest BCUT2D eigenvalue weighted by Crippen LogP contribution is 2.19. The zero-order valence-corrected chi connectivity index (χ0v) is 18.4. The monoisotopic (exact) mass is 426 g/mol. The van der Waals surface area contributed by atoms with Crippen LogP contribution in [0.5, 0.6) is 0 Å². The molecule has 8 heteroatoms. The van der Waals surface area contributed by atoms with E-state index in [1.807, 2.05) is 59.9 Å². The Kier molecular flexibility index (Phi) is 6.51. The molecule has 0 unspecified atom stereocenters. The second-order valence-electron chi connectivity index (χ2n) is 6.93. The van der Waals surface area contributed by atoms with Gasteiger partial charge in [-0.1, -0.05) is 24.3 Å². The van der Waals surface area contributed by atoms with Crippen LogP contribution in [0.2, 0.25) is 0 Å². The van der Waals surface area contributed by atoms with Gasteiger partial charge in [0.15, 0.2) is 0 Å². The first kappa shape index (κ1) is 20.0. The van der Waals surface area contributed by atoms with Crippen molar-refractivity contribution in [1.82, 2.24) is 19.9 Å². The van der Waals surface area contributed by atoms with Crippen LogP contribution in [0.15, 0.2) is 48.5 Å². The fourth-order valence-corrected chi connectivity index (χ4v) is 5.25. The van der Waals surface area contributed by atoms with Crippen molar-refractivity contribution in [3.63, 3.8) is 0 Å². The number of para-hydroxylation sites is 4. The third-order valence-electron chi connectivity index (χ3n) is 4.79. The number of benzene rings is 2. The molecule has 4 aromatic rings. The van der Waals surface area contributed by atoms with E-state index in [4.69, 9.17) is 0 Å². The van der Waals surface area contributed by atoms with Crippen LogP contribution in [0, 0.1) is 0 Å². The van der Waals surface area contributed by atoms with Gasteiger partial charge in [-0.25, -0.2) is 9.97 Å². The van der Waals surface area contributed by atoms with E-state index in [0.717, 1.165) is 63.6 Å². The van der Waals surface area contributed by atoms with Crippen molar-refractivity contribution >= 4 is 57.5 Å². The number of aromatic nitrogens is 4. The summed E-state index contributed by atoms with van der Waals surface area (Å²) in [5.41, 5.74) is 4.22. The van der Waals surface area contributed by atoms with E-state index >= 15 is 0 Å². The lowest BCUT2D eigenvalue weighted by atomic mass is 10.3. The van der Waals surface area contributed by atoms with E-state index < -0.39 is 0 Å². The normalized spacial score (nSPS) is 11.4. The maximum atomic E-state index is 4.65. The Morgan fingerprint density at radius 3 is 1.62 bits per heavy atom. The highest BCUT2D eigenvalue weighted by molar-refractivity contribution is 8.16. The molecule has 0 fully saturated rings. The van der Waals surface area contributed by atoms with E-state index in [2.05, 4.69) is 56.0 Å². The van der Waals surface area contributed by atoms with Crippen molar-refractivity contribution < 1.29 is 0 Å². The summed E-state index contributed by atoms with van der Waals surface area (Å²) in [5.74, 6) is 4.04. The van der Waals surface area contributed by atoms with Crippen LogP contribution in [0.25, 0.3) is 22.1 Å². The van der Waals surface area contributed by atoms with Gasteiger partial charge in [-0.15, -0.1) is 23.5 Å². The van der Waals surface area contributed by atoms with Crippen LogP contribution in [0.4, 0.5) is 11.9 Å². The van der Waals surface area contributed by atoms with Crippen LogP contribution in [-0.2, 0) is 0 Å². The van der Waals surface area contributed by atoms with E-state index in [-0.39, 0.29) is 0 Å². The average molecular weight is 427 g/mol. The topological polar surface area (TPSA) is 63.8 Å². The van der Waals surface area contributed by atoms with Gasteiger partial charge in [-0.2, -0.15) is 0 Å². The number of hydrogen-bond donors (Lipinski definition) is 2. The first-order chi connectivity index (χ1) is 14.2. The van der Waals surface area contributed by atoms with Gasteiger partial charge in [0.05, 0.1) is 22.1 Å². The minimum atomic E-state index is 0.937. The summed E-state index contributed by atoms with van der Waals surface area (Å²) in [7, 11) is 4.18. The molecule has 0 saturated heterocycles. The Balaban J connectivity index is 1.13. The maximum Gasteiger partial charge on any atom is 0.203 e. The van der Waals surface area contributed by atoms with Gasteiger partial charge in [0.25, 0.3) is 0 Å². The van der Waals surface area contributed by atoms with Crippen molar-refractivity contribution in [2.45, 2.75) is 0 Å². The predicted octanol–water partition coefficient (Wildman–Crippen LogP) is 4.44. The third kappa shape index (κ3) is 5.00. The Morgan fingerprint density at radius 1 is 0.724 bits per heavy atom. The van der Waals surface area contributed by atoms with Gasteiger partial charge < -0.3 is 19.8 Å². The van der Waals surface area contributed by atoms with Gasteiger partial charge >= 0.3 is 0 Å². The number of thioether (sulfide) groups is 2.